The average Bonchev–Trinajstić information content (AvgIpc) is 2.96. The lowest BCUT2D eigenvalue weighted by molar-refractivity contribution is -0.228. The molecule has 1 unspecified atom stereocenters. The summed E-state index contributed by atoms with van der Waals surface area (Å²) >= 11 is 0. The average molecular weight is 477 g/mol. The molecule has 7 heteroatoms. The van der Waals surface area contributed by atoms with Crippen LogP contribution in [0.5, 0.6) is 0 Å². The Balaban J connectivity index is 1.81. The molecule has 0 aromatic rings. The van der Waals surface area contributed by atoms with Crippen molar-refractivity contribution >= 4 is 17.5 Å². The van der Waals surface area contributed by atoms with E-state index in [0.717, 1.165) is 0 Å². The first-order chi connectivity index (χ1) is 15.8. The Kier molecular flexibility index (Phi) is 6.00. The summed E-state index contributed by atoms with van der Waals surface area (Å²) in [6.45, 7) is 8.34. The van der Waals surface area contributed by atoms with Crippen LogP contribution in [0.4, 0.5) is 4.39 Å². The van der Waals surface area contributed by atoms with E-state index in [9.17, 15) is 24.6 Å². The number of Topliss-reactive ketones (excluding diaryl/α,β-unsaturated/α-hetero) is 1. The van der Waals surface area contributed by atoms with E-state index in [2.05, 4.69) is 0 Å². The van der Waals surface area contributed by atoms with E-state index in [1.807, 2.05) is 27.7 Å². The van der Waals surface area contributed by atoms with Crippen molar-refractivity contribution in [2.45, 2.75) is 84.1 Å². The van der Waals surface area contributed by atoms with Crippen LogP contribution in [0.3, 0.4) is 0 Å². The minimum atomic E-state index is -2.03. The third kappa shape index (κ3) is 3.08. The number of ether oxygens (including phenoxy) is 1. The monoisotopic (exact) mass is 476 g/mol. The van der Waals surface area contributed by atoms with Gasteiger partial charge in [0.2, 0.25) is 5.78 Å². The summed E-state index contributed by atoms with van der Waals surface area (Å²) in [4.78, 5) is 38.2. The fourth-order valence-corrected chi connectivity index (χ4v) is 8.07. The molecule has 0 radical (unpaired) electrons. The summed E-state index contributed by atoms with van der Waals surface area (Å²) in [5.74, 6) is -2.65. The van der Waals surface area contributed by atoms with Crippen LogP contribution in [-0.4, -0.2) is 51.7 Å². The molecule has 3 fully saturated rings. The third-order valence-corrected chi connectivity index (χ3v) is 9.59. The van der Waals surface area contributed by atoms with Crippen LogP contribution >= 0.6 is 0 Å². The zero-order valence-electron chi connectivity index (χ0n) is 20.8. The van der Waals surface area contributed by atoms with Crippen molar-refractivity contribution in [2.75, 3.05) is 6.61 Å². The first-order valence-corrected chi connectivity index (χ1v) is 12.4. The molecule has 2 N–H and O–H groups in total. The van der Waals surface area contributed by atoms with Gasteiger partial charge in [0.25, 0.3) is 0 Å². The van der Waals surface area contributed by atoms with Crippen LogP contribution in [0, 0.1) is 34.5 Å². The van der Waals surface area contributed by atoms with E-state index in [1.54, 1.807) is 13.0 Å². The second kappa shape index (κ2) is 8.09. The Morgan fingerprint density at radius 3 is 2.56 bits per heavy atom. The summed E-state index contributed by atoms with van der Waals surface area (Å²) in [6, 6.07) is 0. The second-order valence-electron chi connectivity index (χ2n) is 11.8. The van der Waals surface area contributed by atoms with Gasteiger partial charge >= 0.3 is 5.97 Å². The molecule has 0 saturated heterocycles. The lowest BCUT2D eigenvalue weighted by Crippen LogP contribution is -2.70. The number of hydrogen-bond acceptors (Lipinski definition) is 6. The van der Waals surface area contributed by atoms with Crippen molar-refractivity contribution in [1.82, 2.24) is 0 Å². The van der Waals surface area contributed by atoms with Crippen LogP contribution in [-0.2, 0) is 19.1 Å². The minimum Gasteiger partial charge on any atom is -0.450 e. The number of aliphatic hydroxyl groups is 2. The highest BCUT2D eigenvalue weighted by molar-refractivity contribution is 6.01. The maximum Gasteiger partial charge on any atom is 0.307 e. The van der Waals surface area contributed by atoms with Gasteiger partial charge in [0, 0.05) is 29.1 Å². The largest absolute Gasteiger partial charge is 0.450 e. The molecule has 188 valence electrons. The number of rotatable bonds is 5. The Bertz CT molecular complexity index is 970. The lowest BCUT2D eigenvalue weighted by atomic mass is 9.44. The van der Waals surface area contributed by atoms with E-state index < -0.39 is 58.4 Å². The van der Waals surface area contributed by atoms with Gasteiger partial charge in [0.15, 0.2) is 17.1 Å². The molecule has 0 aromatic carbocycles. The number of alkyl halides is 1. The van der Waals surface area contributed by atoms with Crippen molar-refractivity contribution in [3.8, 4) is 0 Å². The first kappa shape index (κ1) is 25.2. The predicted octanol–water partition coefficient (Wildman–Crippen LogP) is 3.49. The van der Waals surface area contributed by atoms with Crippen molar-refractivity contribution in [2.24, 2.45) is 34.5 Å². The smallest absolute Gasteiger partial charge is 0.307 e. The summed E-state index contributed by atoms with van der Waals surface area (Å²) in [5.41, 5.74) is -5.14. The Morgan fingerprint density at radius 2 is 1.94 bits per heavy atom. The van der Waals surface area contributed by atoms with E-state index in [-0.39, 0.29) is 30.5 Å². The summed E-state index contributed by atoms with van der Waals surface area (Å²) in [5, 5.41) is 21.4. The van der Waals surface area contributed by atoms with Gasteiger partial charge < -0.3 is 14.9 Å². The molecule has 8 atom stereocenters. The van der Waals surface area contributed by atoms with E-state index >= 15 is 4.39 Å². The summed E-state index contributed by atoms with van der Waals surface area (Å²) in [6.07, 6.45) is 4.44. The molecule has 34 heavy (non-hydrogen) atoms. The van der Waals surface area contributed by atoms with E-state index in [4.69, 9.17) is 4.74 Å². The van der Waals surface area contributed by atoms with Gasteiger partial charge in [-0.2, -0.15) is 0 Å². The highest BCUT2D eigenvalue weighted by atomic mass is 19.1. The number of halogens is 1. The zero-order valence-corrected chi connectivity index (χ0v) is 20.8. The molecule has 0 aliphatic heterocycles. The second-order valence-corrected chi connectivity index (χ2v) is 11.8. The van der Waals surface area contributed by atoms with Gasteiger partial charge in [-0.25, -0.2) is 4.39 Å². The molecule has 0 spiro atoms. The molecular weight excluding hydrogens is 439 g/mol. The highest BCUT2D eigenvalue weighted by Gasteiger charge is 2.77. The molecule has 6 nitrogen and oxygen atoms in total. The molecule has 0 heterocycles. The molecule has 4 aliphatic carbocycles. The predicted molar refractivity (Wildman–Crippen MR) is 123 cm³/mol. The zero-order chi connectivity index (χ0) is 25.3. The summed E-state index contributed by atoms with van der Waals surface area (Å²) in [7, 11) is 0. The number of allylic oxidation sites excluding steroid dienone is 4. The molecule has 4 aliphatic rings. The Morgan fingerprint density at radius 1 is 1.26 bits per heavy atom. The van der Waals surface area contributed by atoms with Gasteiger partial charge in [0.1, 0.15) is 6.61 Å². The topological polar surface area (TPSA) is 101 Å². The van der Waals surface area contributed by atoms with Gasteiger partial charge in [-0.3, -0.25) is 14.4 Å². The molecular formula is C27H37FO6. The Labute approximate surface area is 200 Å². The SMILES string of the molecule is CC(C)CC(=O)O[C@@]1(C(=O)CO)C(C)C[C@H]2[C@@H]3CCC4=CC(=O)C=C[C@]4(C)[C@@]3(F)[C@@H](O)C[C@@]21C. The number of carbonyl (C=O) groups is 3. The van der Waals surface area contributed by atoms with Crippen molar-refractivity contribution in [3.63, 3.8) is 0 Å². The summed E-state index contributed by atoms with van der Waals surface area (Å²) < 4.78 is 23.3. The molecule has 0 bridgehead atoms. The van der Waals surface area contributed by atoms with Crippen LogP contribution in [0.15, 0.2) is 23.8 Å². The fraction of sp³-hybridized carbons (Fsp3) is 0.741. The van der Waals surface area contributed by atoms with Gasteiger partial charge in [-0.1, -0.05) is 39.3 Å². The van der Waals surface area contributed by atoms with E-state index in [1.165, 1.54) is 12.2 Å². The number of ketones is 2. The van der Waals surface area contributed by atoms with Crippen LogP contribution in [0.2, 0.25) is 0 Å². The van der Waals surface area contributed by atoms with E-state index in [0.29, 0.717) is 24.8 Å². The van der Waals surface area contributed by atoms with Crippen molar-refractivity contribution < 1.29 is 33.7 Å². The minimum absolute atomic E-state index is 0.0221. The van der Waals surface area contributed by atoms with Crippen LogP contribution in [0.25, 0.3) is 0 Å². The number of esters is 1. The number of aliphatic hydroxyl groups excluding tert-OH is 2. The molecule has 4 rings (SSSR count). The normalized spacial score (nSPS) is 45.3. The standard InChI is InChI=1S/C27H37FO6/c1-15(2)10-23(33)34-27(22(32)14-29)16(3)11-20-19-7-6-17-12-18(30)8-9-24(17,4)26(19,28)21(31)13-25(20,27)5/h8-9,12,15-16,19-21,29,31H,6-7,10-11,13-14H2,1-5H3/t16?,19-,20-,21-,24-,25-,26-,27+/m0/s1. The van der Waals surface area contributed by atoms with Gasteiger partial charge in [-0.05, 0) is 56.6 Å². The third-order valence-electron chi connectivity index (χ3n) is 9.59. The number of fused-ring (bicyclic) bond motifs is 5. The van der Waals surface area contributed by atoms with Crippen molar-refractivity contribution in [3.05, 3.63) is 23.8 Å². The van der Waals surface area contributed by atoms with Crippen molar-refractivity contribution in [1.29, 1.82) is 0 Å². The quantitative estimate of drug-likeness (QED) is 0.589. The Hall–Kier alpha value is -1.86. The highest BCUT2D eigenvalue weighted by Crippen LogP contribution is 2.71. The lowest BCUT2D eigenvalue weighted by Gasteiger charge is -2.62. The molecule has 0 aromatic heterocycles. The fourth-order valence-electron chi connectivity index (χ4n) is 8.07. The molecule has 3 saturated carbocycles. The van der Waals surface area contributed by atoms with Gasteiger partial charge in [-0.15, -0.1) is 0 Å². The van der Waals surface area contributed by atoms with Gasteiger partial charge in [0.05, 0.1) is 6.10 Å². The van der Waals surface area contributed by atoms with Crippen LogP contribution < -0.4 is 0 Å². The molecule has 0 amide bonds. The number of carbonyl (C=O) groups excluding carboxylic acids is 3. The van der Waals surface area contributed by atoms with Crippen LogP contribution in [0.1, 0.15) is 66.7 Å². The maximum absolute atomic E-state index is 17.3. The number of hydrogen-bond donors (Lipinski definition) is 2. The maximum atomic E-state index is 17.3. The first-order valence-electron chi connectivity index (χ1n) is 12.4.